The molecule has 9 rings (SSSR count). The van der Waals surface area contributed by atoms with Crippen molar-refractivity contribution in [2.24, 2.45) is 0 Å². The molecule has 0 aliphatic heterocycles. The van der Waals surface area contributed by atoms with Crippen LogP contribution < -0.4 is 0 Å². The summed E-state index contributed by atoms with van der Waals surface area (Å²) in [5.74, 6) is 0.249. The Hall–Kier alpha value is -5.00. The highest BCUT2D eigenvalue weighted by atomic mass is 32.1. The molecule has 0 radical (unpaired) electrons. The van der Waals surface area contributed by atoms with Crippen molar-refractivity contribution >= 4 is 75.5 Å². The van der Waals surface area contributed by atoms with Gasteiger partial charge >= 0.3 is 0 Å². The van der Waals surface area contributed by atoms with Gasteiger partial charge in [-0.15, -0.1) is 11.3 Å². The van der Waals surface area contributed by atoms with E-state index in [1.807, 2.05) is 23.5 Å². The Morgan fingerprint density at radius 1 is 0.571 bits per heavy atom. The zero-order valence-electron chi connectivity index (χ0n) is 23.4. The third kappa shape index (κ3) is 3.17. The van der Waals surface area contributed by atoms with Crippen molar-refractivity contribution in [2.45, 2.75) is 20.8 Å². The molecule has 9 aromatic rings. The number of aryl methyl sites for hydroxylation is 3. The summed E-state index contributed by atoms with van der Waals surface area (Å²) in [5.41, 5.74) is 12.2. The van der Waals surface area contributed by atoms with Crippen molar-refractivity contribution in [1.29, 1.82) is 0 Å². The van der Waals surface area contributed by atoms with E-state index in [9.17, 15) is 5.11 Å². The van der Waals surface area contributed by atoms with Crippen molar-refractivity contribution in [1.82, 2.24) is 9.13 Å². The molecule has 4 heterocycles. The van der Waals surface area contributed by atoms with Gasteiger partial charge < -0.3 is 18.7 Å². The molecule has 4 aromatic heterocycles. The predicted octanol–water partition coefficient (Wildman–Crippen LogP) is 10.5. The predicted molar refractivity (Wildman–Crippen MR) is 176 cm³/mol. The van der Waals surface area contributed by atoms with E-state index in [0.29, 0.717) is 0 Å². The second kappa shape index (κ2) is 8.28. The Balaban J connectivity index is 1.47. The highest BCUT2D eigenvalue weighted by Crippen LogP contribution is 2.47. The summed E-state index contributed by atoms with van der Waals surface area (Å²) in [6, 6.07) is 34.1. The highest BCUT2D eigenvalue weighted by Gasteiger charge is 2.23. The minimum atomic E-state index is 0.249. The van der Waals surface area contributed by atoms with Gasteiger partial charge in [-0.1, -0.05) is 35.9 Å². The Morgan fingerprint density at radius 2 is 1.19 bits per heavy atom. The van der Waals surface area contributed by atoms with Crippen molar-refractivity contribution in [3.63, 3.8) is 0 Å². The third-order valence-electron chi connectivity index (χ3n) is 8.57. The van der Waals surface area contributed by atoms with E-state index in [-0.39, 0.29) is 5.75 Å². The lowest BCUT2D eigenvalue weighted by atomic mass is 10.1. The van der Waals surface area contributed by atoms with Crippen molar-refractivity contribution in [2.75, 3.05) is 0 Å². The number of nitrogens with zero attached hydrogens (tertiary/aromatic N) is 2. The van der Waals surface area contributed by atoms with Crippen LogP contribution in [0.15, 0.2) is 101 Å². The van der Waals surface area contributed by atoms with Gasteiger partial charge in [0.15, 0.2) is 5.58 Å². The molecule has 202 valence electrons. The summed E-state index contributed by atoms with van der Waals surface area (Å²) in [6.45, 7) is 6.38. The molecular weight excluding hydrogens is 536 g/mol. The fourth-order valence-corrected chi connectivity index (χ4v) is 7.82. The summed E-state index contributed by atoms with van der Waals surface area (Å²) < 4.78 is 13.8. The van der Waals surface area contributed by atoms with Gasteiger partial charge in [0.25, 0.3) is 0 Å². The number of aromatic nitrogens is 2. The maximum absolute atomic E-state index is 10.1. The average molecular weight is 563 g/mol. The molecule has 5 heteroatoms. The molecule has 0 saturated carbocycles. The van der Waals surface area contributed by atoms with E-state index in [4.69, 9.17) is 4.42 Å². The van der Waals surface area contributed by atoms with Gasteiger partial charge in [0.05, 0.1) is 21.3 Å². The summed E-state index contributed by atoms with van der Waals surface area (Å²) >= 11 is 1.85. The van der Waals surface area contributed by atoms with Gasteiger partial charge in [0.1, 0.15) is 16.8 Å². The summed E-state index contributed by atoms with van der Waals surface area (Å²) in [4.78, 5) is 0. The number of phenols is 1. The maximum Gasteiger partial charge on any atom is 0.161 e. The molecule has 0 aliphatic carbocycles. The van der Waals surface area contributed by atoms with E-state index in [1.165, 1.54) is 47.9 Å². The lowest BCUT2D eigenvalue weighted by Gasteiger charge is -2.10. The molecule has 0 aliphatic rings. The molecular formula is C37H26N2O2S. The Labute approximate surface area is 245 Å². The normalized spacial score (nSPS) is 12.3. The number of hydrogen-bond donors (Lipinski definition) is 1. The number of benzene rings is 5. The first kappa shape index (κ1) is 23.7. The van der Waals surface area contributed by atoms with Crippen LogP contribution in [0.1, 0.15) is 16.7 Å². The van der Waals surface area contributed by atoms with Crippen LogP contribution in [-0.2, 0) is 0 Å². The monoisotopic (exact) mass is 562 g/mol. The first-order chi connectivity index (χ1) is 20.4. The second-order valence-corrected chi connectivity index (χ2v) is 12.5. The van der Waals surface area contributed by atoms with E-state index in [1.54, 1.807) is 12.1 Å². The van der Waals surface area contributed by atoms with E-state index in [0.717, 1.165) is 44.3 Å². The molecule has 0 unspecified atom stereocenters. The van der Waals surface area contributed by atoms with E-state index in [2.05, 4.69) is 103 Å². The number of thiophene rings is 1. The molecule has 5 aromatic carbocycles. The molecule has 1 N–H and O–H groups in total. The van der Waals surface area contributed by atoms with E-state index < -0.39 is 0 Å². The van der Waals surface area contributed by atoms with Crippen molar-refractivity contribution in [3.05, 3.63) is 114 Å². The topological polar surface area (TPSA) is 43.2 Å². The molecule has 0 atom stereocenters. The lowest BCUT2D eigenvalue weighted by Crippen LogP contribution is -1.95. The van der Waals surface area contributed by atoms with Gasteiger partial charge in [0.2, 0.25) is 0 Å². The summed E-state index contributed by atoms with van der Waals surface area (Å²) in [5, 5.41) is 14.8. The highest BCUT2D eigenvalue weighted by molar-refractivity contribution is 7.26. The summed E-state index contributed by atoms with van der Waals surface area (Å²) in [6.07, 6.45) is 0. The first-order valence-electron chi connectivity index (χ1n) is 14.2. The van der Waals surface area contributed by atoms with Crippen LogP contribution in [0.3, 0.4) is 0 Å². The fraction of sp³-hybridized carbons (Fsp3) is 0.0811. The standard InChI is InChI=1S/C37H26N2O2S/c1-20-4-8-23(9-5-20)39-30-16-21(2)6-14-26(30)37-35(39)29-18-31-28(19-33(29)42-37)36-34(27-15-7-22(3)17-32(27)41-36)38(31)24-10-12-25(40)13-11-24/h4-19,40H,1-3H3. The number of fused-ring (bicyclic) bond motifs is 10. The molecule has 0 saturated heterocycles. The minimum Gasteiger partial charge on any atom is -0.508 e. The molecule has 0 spiro atoms. The first-order valence-corrected chi connectivity index (χ1v) is 15.0. The van der Waals surface area contributed by atoms with E-state index >= 15 is 0 Å². The smallest absolute Gasteiger partial charge is 0.161 e. The van der Waals surface area contributed by atoms with Crippen molar-refractivity contribution in [3.8, 4) is 17.1 Å². The van der Waals surface area contributed by atoms with Crippen LogP contribution in [0.25, 0.3) is 75.6 Å². The Kier molecular flexibility index (Phi) is 4.67. The van der Waals surface area contributed by atoms with Gasteiger partial charge in [0, 0.05) is 37.6 Å². The zero-order valence-corrected chi connectivity index (χ0v) is 24.2. The quantitative estimate of drug-likeness (QED) is 0.228. The number of furan rings is 1. The fourth-order valence-electron chi connectivity index (χ4n) is 6.58. The van der Waals surface area contributed by atoms with Gasteiger partial charge in [-0.3, -0.25) is 0 Å². The van der Waals surface area contributed by atoms with Crippen LogP contribution in [0.5, 0.6) is 5.75 Å². The SMILES string of the molecule is Cc1ccc(-n2c3cc(C)ccc3c3sc4cc5c6oc7cc(C)ccc7c6n(-c6ccc(O)cc6)c5cc4c32)cc1. The largest absolute Gasteiger partial charge is 0.508 e. The molecule has 0 fully saturated rings. The van der Waals surface area contributed by atoms with Crippen LogP contribution in [0.2, 0.25) is 0 Å². The molecule has 0 amide bonds. The van der Waals surface area contributed by atoms with Crippen LogP contribution in [-0.4, -0.2) is 14.2 Å². The number of aromatic hydroxyl groups is 1. The number of hydrogen-bond acceptors (Lipinski definition) is 3. The number of phenolic OH excluding ortho intramolecular Hbond substituents is 1. The second-order valence-electron chi connectivity index (χ2n) is 11.5. The van der Waals surface area contributed by atoms with Crippen molar-refractivity contribution < 1.29 is 9.52 Å². The van der Waals surface area contributed by atoms with Gasteiger partial charge in [-0.2, -0.15) is 0 Å². The summed E-state index contributed by atoms with van der Waals surface area (Å²) in [7, 11) is 0. The Bertz CT molecular complexity index is 2540. The minimum absolute atomic E-state index is 0.249. The molecule has 42 heavy (non-hydrogen) atoms. The molecule has 4 nitrogen and oxygen atoms in total. The zero-order chi connectivity index (χ0) is 28.3. The molecule has 0 bridgehead atoms. The Morgan fingerprint density at radius 3 is 1.95 bits per heavy atom. The maximum atomic E-state index is 10.1. The van der Waals surface area contributed by atoms with Crippen LogP contribution >= 0.6 is 11.3 Å². The van der Waals surface area contributed by atoms with Crippen LogP contribution in [0.4, 0.5) is 0 Å². The lowest BCUT2D eigenvalue weighted by molar-refractivity contribution is 0.475. The number of rotatable bonds is 2. The average Bonchev–Trinajstić information content (AvgIpc) is 3.69. The van der Waals surface area contributed by atoms with Gasteiger partial charge in [-0.25, -0.2) is 0 Å². The van der Waals surface area contributed by atoms with Gasteiger partial charge in [-0.05, 0) is 98.6 Å². The van der Waals surface area contributed by atoms with Crippen LogP contribution in [0, 0.1) is 20.8 Å². The third-order valence-corrected chi connectivity index (χ3v) is 9.75.